The number of allylic oxidation sites excluding steroid dienone is 1. The van der Waals surface area contributed by atoms with Crippen molar-refractivity contribution in [3.05, 3.63) is 23.7 Å². The molecule has 1 heterocycles. The van der Waals surface area contributed by atoms with E-state index < -0.39 is 11.9 Å². The molecule has 0 aliphatic carbocycles. The fourth-order valence-electron chi connectivity index (χ4n) is 1.58. The topological polar surface area (TPSA) is 75.3 Å². The normalized spacial score (nSPS) is 16.8. The molecule has 5 nitrogen and oxygen atoms in total. The summed E-state index contributed by atoms with van der Waals surface area (Å²) < 4.78 is 0. The van der Waals surface area contributed by atoms with Gasteiger partial charge in [-0.1, -0.05) is 34.6 Å². The van der Waals surface area contributed by atoms with E-state index in [2.05, 4.69) is 16.7 Å². The van der Waals surface area contributed by atoms with Crippen LogP contribution in [0.5, 0.6) is 0 Å². The molecule has 1 aliphatic rings. The Kier molecular flexibility index (Phi) is 20.0. The Hall–Kier alpha value is -1.16. The fraction of sp³-hybridized carbons (Fsp3) is 0.562. The molecular formula is C16H27BN2O3W-. The van der Waals surface area contributed by atoms with Gasteiger partial charge in [0, 0.05) is 27.5 Å². The Morgan fingerprint density at radius 2 is 1.87 bits per heavy atom. The predicted molar refractivity (Wildman–Crippen MR) is 90.2 cm³/mol. The summed E-state index contributed by atoms with van der Waals surface area (Å²) in [5, 5.41) is 4.77. The van der Waals surface area contributed by atoms with Gasteiger partial charge < -0.3 is 10.1 Å². The molecule has 23 heavy (non-hydrogen) atoms. The molecule has 1 atom stereocenters. The van der Waals surface area contributed by atoms with Crippen LogP contribution in [0.1, 0.15) is 47.5 Å². The number of hydrogen-bond donors (Lipinski definition) is 2. The second kappa shape index (κ2) is 17.2. The van der Waals surface area contributed by atoms with Crippen molar-refractivity contribution in [3.8, 4) is 0 Å². The van der Waals surface area contributed by atoms with E-state index >= 15 is 0 Å². The maximum atomic E-state index is 11.9. The summed E-state index contributed by atoms with van der Waals surface area (Å²) >= 11 is 0. The number of imide groups is 1. The van der Waals surface area contributed by atoms with E-state index in [1.165, 1.54) is 0 Å². The van der Waals surface area contributed by atoms with Gasteiger partial charge in [0.25, 0.3) is 0 Å². The summed E-state index contributed by atoms with van der Waals surface area (Å²) in [6.07, 6.45) is 4.98. The van der Waals surface area contributed by atoms with Crippen LogP contribution in [0.15, 0.2) is 17.6 Å². The number of nitrogens with one attached hydrogen (secondary N) is 2. The molecule has 0 aromatic carbocycles. The van der Waals surface area contributed by atoms with E-state index in [0.717, 1.165) is 0 Å². The second-order valence-electron chi connectivity index (χ2n) is 3.82. The number of carbonyl (C=O) groups is 3. The predicted octanol–water partition coefficient (Wildman–Crippen LogP) is 1.97. The Bertz CT molecular complexity index is 424. The van der Waals surface area contributed by atoms with E-state index in [0.29, 0.717) is 12.0 Å². The zero-order valence-electron chi connectivity index (χ0n) is 14.9. The summed E-state index contributed by atoms with van der Waals surface area (Å²) in [4.78, 5) is 34.3. The first kappa shape index (κ1) is 26.7. The molecule has 1 saturated heterocycles. The molecule has 0 aromatic heterocycles. The van der Waals surface area contributed by atoms with Gasteiger partial charge in [0.2, 0.25) is 11.8 Å². The van der Waals surface area contributed by atoms with Crippen LogP contribution < -0.4 is 10.6 Å². The van der Waals surface area contributed by atoms with Crippen molar-refractivity contribution in [2.75, 3.05) is 0 Å². The smallest absolute Gasteiger partial charge is 0.248 e. The van der Waals surface area contributed by atoms with Crippen molar-refractivity contribution >= 4 is 25.0 Å². The minimum Gasteiger partial charge on any atom is -0.394 e. The number of rotatable bonds is 4. The van der Waals surface area contributed by atoms with Gasteiger partial charge in [-0.05, 0) is 6.42 Å². The van der Waals surface area contributed by atoms with Crippen LogP contribution in [0, 0.1) is 6.08 Å². The first-order chi connectivity index (χ1) is 10.6. The molecule has 0 spiro atoms. The molecule has 7 heteroatoms. The Labute approximate surface area is 155 Å². The molecule has 1 fully saturated rings. The standard InChI is InChI=1S/C12H15BN2O3.2C2H6.W/c1-3-4-8(7-13-2)11(17)14-9-5-6-10(16)15-12(9)18;2*1-2;/h3,7,9H,5-6H2,1-2H3,(H,14,17)(H,15,16,18);2*1-2H3;/q-1;;;/b8-7+;;;. The zero-order chi connectivity index (χ0) is 17.5. The first-order valence-electron chi connectivity index (χ1n) is 7.77. The molecule has 1 radical (unpaired) electrons. The van der Waals surface area contributed by atoms with Crippen molar-refractivity contribution < 1.29 is 35.4 Å². The van der Waals surface area contributed by atoms with E-state index in [1.807, 2.05) is 27.7 Å². The average molecular weight is 490 g/mol. The maximum absolute atomic E-state index is 11.9. The van der Waals surface area contributed by atoms with Crippen molar-refractivity contribution in [2.24, 2.45) is 0 Å². The van der Waals surface area contributed by atoms with Gasteiger partial charge in [0.15, 0.2) is 0 Å². The summed E-state index contributed by atoms with van der Waals surface area (Å²) in [7, 11) is 1.72. The second-order valence-corrected chi connectivity index (χ2v) is 3.82. The van der Waals surface area contributed by atoms with Crippen LogP contribution >= 0.6 is 0 Å². The summed E-state index contributed by atoms with van der Waals surface area (Å²) in [6.45, 7) is 11.5. The Balaban J connectivity index is -0.000000739. The molecular weight excluding hydrogens is 463 g/mol. The molecule has 1 unspecified atom stereocenters. The fourth-order valence-corrected chi connectivity index (χ4v) is 1.58. The third-order valence-corrected chi connectivity index (χ3v) is 2.42. The minimum atomic E-state index is -0.658. The monoisotopic (exact) mass is 490 g/mol. The van der Waals surface area contributed by atoms with Crippen LogP contribution in [0.2, 0.25) is 6.82 Å². The number of amides is 3. The number of piperidine rings is 1. The Morgan fingerprint density at radius 3 is 2.30 bits per heavy atom. The quantitative estimate of drug-likeness (QED) is 0.208. The van der Waals surface area contributed by atoms with Crippen molar-refractivity contribution in [2.45, 2.75) is 60.3 Å². The molecule has 1 rings (SSSR count). The van der Waals surface area contributed by atoms with Crippen LogP contribution in [0.25, 0.3) is 0 Å². The minimum absolute atomic E-state index is 0. The van der Waals surface area contributed by atoms with E-state index in [-0.39, 0.29) is 39.3 Å². The SMILES string of the molecule is CC.CC.C[B]/C=C(\[C-]=CC)C(=O)NC1CCC(=O)NC1=O.[W]. The summed E-state index contributed by atoms with van der Waals surface area (Å²) in [5.74, 6) is 0.477. The maximum Gasteiger partial charge on any atom is 0.248 e. The van der Waals surface area contributed by atoms with E-state index in [9.17, 15) is 14.4 Å². The average Bonchev–Trinajstić information content (AvgIpc) is 2.53. The van der Waals surface area contributed by atoms with E-state index in [4.69, 9.17) is 0 Å². The van der Waals surface area contributed by atoms with Gasteiger partial charge in [0.1, 0.15) is 5.91 Å². The number of hydrogen-bond acceptors (Lipinski definition) is 3. The summed E-state index contributed by atoms with van der Waals surface area (Å²) in [5.41, 5.74) is 0.352. The van der Waals surface area contributed by atoms with Crippen LogP contribution in [-0.4, -0.2) is 31.0 Å². The molecule has 0 aromatic rings. The third-order valence-electron chi connectivity index (χ3n) is 2.42. The van der Waals surface area contributed by atoms with Gasteiger partial charge in [-0.2, -0.15) is 6.08 Å². The zero-order valence-corrected chi connectivity index (χ0v) is 17.8. The molecule has 0 saturated carbocycles. The largest absolute Gasteiger partial charge is 0.394 e. The molecule has 2 N–H and O–H groups in total. The van der Waals surface area contributed by atoms with Gasteiger partial charge in [-0.3, -0.25) is 14.9 Å². The van der Waals surface area contributed by atoms with Crippen LogP contribution in [0.3, 0.4) is 0 Å². The van der Waals surface area contributed by atoms with Gasteiger partial charge in [0.05, 0.1) is 13.3 Å². The molecule has 1 aliphatic heterocycles. The first-order valence-corrected chi connectivity index (χ1v) is 7.77. The molecule has 3 amide bonds. The van der Waals surface area contributed by atoms with Crippen LogP contribution in [-0.2, 0) is 35.4 Å². The molecule has 129 valence electrons. The van der Waals surface area contributed by atoms with E-state index in [1.54, 1.807) is 33.1 Å². The Morgan fingerprint density at radius 1 is 1.30 bits per heavy atom. The van der Waals surface area contributed by atoms with Crippen LogP contribution in [0.4, 0.5) is 0 Å². The van der Waals surface area contributed by atoms with Crippen molar-refractivity contribution in [3.63, 3.8) is 0 Å². The van der Waals surface area contributed by atoms with Gasteiger partial charge >= 0.3 is 0 Å². The van der Waals surface area contributed by atoms with Crippen molar-refractivity contribution in [1.82, 2.24) is 10.6 Å². The van der Waals surface area contributed by atoms with Gasteiger partial charge in [-0.25, -0.2) is 5.98 Å². The third kappa shape index (κ3) is 11.1. The van der Waals surface area contributed by atoms with Gasteiger partial charge in [-0.15, -0.1) is 18.5 Å². The molecule has 0 bridgehead atoms. The summed E-state index contributed by atoms with van der Waals surface area (Å²) in [6, 6.07) is -0.658. The number of carbonyl (C=O) groups excluding carboxylic acids is 3. The van der Waals surface area contributed by atoms with Crippen molar-refractivity contribution in [1.29, 1.82) is 0 Å².